The number of hydrogen-bond donors (Lipinski definition) is 0. The molecule has 1 atom stereocenters. The smallest absolute Gasteiger partial charge is 0.255 e. The van der Waals surface area contributed by atoms with Gasteiger partial charge in [0.05, 0.1) is 16.5 Å². The van der Waals surface area contributed by atoms with Crippen molar-refractivity contribution in [1.82, 2.24) is 9.80 Å². The zero-order chi connectivity index (χ0) is 22.9. The third kappa shape index (κ3) is 4.23. The largest absolute Gasteiger partial charge is 0.486 e. The van der Waals surface area contributed by atoms with Crippen LogP contribution in [0.25, 0.3) is 0 Å². The number of ether oxygens (including phenoxy) is 2. The lowest BCUT2D eigenvalue weighted by Gasteiger charge is -2.36. The molecule has 172 valence electrons. The van der Waals surface area contributed by atoms with Crippen LogP contribution in [-0.4, -0.2) is 73.5 Å². The standard InChI is InChI=1S/C24H24ClN3O5/c25-19-4-2-1-3-18(19)24(31)27-9-7-26(8-10-27)23(30)16-13-22(29)28(15-16)17-5-6-20-21(14-17)33-12-11-32-20/h1-6,14,16H,7-13,15H2/t16-/m1/s1. The number of rotatable bonds is 3. The molecule has 0 spiro atoms. The van der Waals surface area contributed by atoms with E-state index in [4.69, 9.17) is 21.1 Å². The maximum absolute atomic E-state index is 13.1. The molecule has 0 bridgehead atoms. The second kappa shape index (κ2) is 8.94. The summed E-state index contributed by atoms with van der Waals surface area (Å²) in [5, 5.41) is 0.421. The van der Waals surface area contributed by atoms with Gasteiger partial charge in [0.25, 0.3) is 5.91 Å². The van der Waals surface area contributed by atoms with E-state index in [1.165, 1.54) is 0 Å². The predicted molar refractivity (Wildman–Crippen MR) is 122 cm³/mol. The zero-order valence-electron chi connectivity index (χ0n) is 18.0. The highest BCUT2D eigenvalue weighted by Crippen LogP contribution is 2.36. The summed E-state index contributed by atoms with van der Waals surface area (Å²) in [6.07, 6.45) is 0.173. The number of hydrogen-bond acceptors (Lipinski definition) is 5. The number of benzene rings is 2. The lowest BCUT2D eigenvalue weighted by atomic mass is 10.1. The average molecular weight is 470 g/mol. The van der Waals surface area contributed by atoms with Gasteiger partial charge in [-0.1, -0.05) is 23.7 Å². The average Bonchev–Trinajstić information content (AvgIpc) is 3.25. The molecule has 0 aliphatic carbocycles. The van der Waals surface area contributed by atoms with Crippen molar-refractivity contribution >= 4 is 35.0 Å². The first kappa shape index (κ1) is 21.6. The van der Waals surface area contributed by atoms with Crippen LogP contribution in [-0.2, 0) is 9.59 Å². The molecule has 0 radical (unpaired) electrons. The molecular formula is C24H24ClN3O5. The van der Waals surface area contributed by atoms with E-state index in [0.29, 0.717) is 73.7 Å². The zero-order valence-corrected chi connectivity index (χ0v) is 18.8. The fourth-order valence-corrected chi connectivity index (χ4v) is 4.73. The second-order valence-electron chi connectivity index (χ2n) is 8.33. The predicted octanol–water partition coefficient (Wildman–Crippen LogP) is 2.45. The molecule has 2 saturated heterocycles. The molecule has 2 aromatic carbocycles. The summed E-state index contributed by atoms with van der Waals surface area (Å²) in [5.41, 5.74) is 1.17. The minimum Gasteiger partial charge on any atom is -0.486 e. The van der Waals surface area contributed by atoms with Gasteiger partial charge >= 0.3 is 0 Å². The molecule has 2 fully saturated rings. The van der Waals surface area contributed by atoms with Gasteiger partial charge in [0.15, 0.2) is 11.5 Å². The van der Waals surface area contributed by atoms with Crippen molar-refractivity contribution in [3.8, 4) is 11.5 Å². The summed E-state index contributed by atoms with van der Waals surface area (Å²) in [6, 6.07) is 12.4. The maximum Gasteiger partial charge on any atom is 0.255 e. The van der Waals surface area contributed by atoms with Gasteiger partial charge in [-0.2, -0.15) is 0 Å². The van der Waals surface area contributed by atoms with E-state index in [-0.39, 0.29) is 24.1 Å². The van der Waals surface area contributed by atoms with Gasteiger partial charge in [-0.3, -0.25) is 14.4 Å². The second-order valence-corrected chi connectivity index (χ2v) is 8.74. The van der Waals surface area contributed by atoms with E-state index in [0.717, 1.165) is 0 Å². The molecule has 2 aromatic rings. The number of amides is 3. The highest BCUT2D eigenvalue weighted by molar-refractivity contribution is 6.33. The summed E-state index contributed by atoms with van der Waals surface area (Å²) in [6.45, 7) is 3.04. The lowest BCUT2D eigenvalue weighted by Crippen LogP contribution is -2.52. The Morgan fingerprint density at radius 1 is 0.909 bits per heavy atom. The van der Waals surface area contributed by atoms with Crippen LogP contribution in [0.5, 0.6) is 11.5 Å². The molecule has 3 heterocycles. The fourth-order valence-electron chi connectivity index (χ4n) is 4.52. The van der Waals surface area contributed by atoms with E-state index in [9.17, 15) is 14.4 Å². The van der Waals surface area contributed by atoms with E-state index in [1.807, 2.05) is 6.07 Å². The molecule has 0 saturated carbocycles. The summed E-state index contributed by atoms with van der Waals surface area (Å²) < 4.78 is 11.2. The molecule has 9 heteroatoms. The van der Waals surface area contributed by atoms with E-state index >= 15 is 0 Å². The van der Waals surface area contributed by atoms with Crippen LogP contribution in [0.4, 0.5) is 5.69 Å². The van der Waals surface area contributed by atoms with Gasteiger partial charge in [0, 0.05) is 50.9 Å². The number of halogens is 1. The van der Waals surface area contributed by atoms with Crippen molar-refractivity contribution in [3.05, 3.63) is 53.1 Å². The minimum absolute atomic E-state index is 0.0479. The number of anilines is 1. The first-order valence-corrected chi connectivity index (χ1v) is 11.4. The number of carbonyl (C=O) groups is 3. The molecule has 0 aromatic heterocycles. The van der Waals surface area contributed by atoms with Crippen molar-refractivity contribution < 1.29 is 23.9 Å². The van der Waals surface area contributed by atoms with Gasteiger partial charge < -0.3 is 24.2 Å². The van der Waals surface area contributed by atoms with Crippen molar-refractivity contribution in [2.24, 2.45) is 5.92 Å². The van der Waals surface area contributed by atoms with Crippen molar-refractivity contribution in [1.29, 1.82) is 0 Å². The number of nitrogens with zero attached hydrogens (tertiary/aromatic N) is 3. The third-order valence-corrected chi connectivity index (χ3v) is 6.62. The Labute approximate surface area is 196 Å². The summed E-state index contributed by atoms with van der Waals surface area (Å²) in [5.74, 6) is 0.602. The Morgan fingerprint density at radius 2 is 1.61 bits per heavy atom. The summed E-state index contributed by atoms with van der Waals surface area (Å²) in [4.78, 5) is 43.7. The Kier molecular flexibility index (Phi) is 5.85. The minimum atomic E-state index is -0.406. The van der Waals surface area contributed by atoms with Gasteiger partial charge in [0.2, 0.25) is 11.8 Å². The molecule has 3 amide bonds. The first-order chi connectivity index (χ1) is 16.0. The summed E-state index contributed by atoms with van der Waals surface area (Å²) >= 11 is 6.16. The topological polar surface area (TPSA) is 79.4 Å². The highest BCUT2D eigenvalue weighted by atomic mass is 35.5. The number of carbonyl (C=O) groups excluding carboxylic acids is 3. The Balaban J connectivity index is 1.20. The van der Waals surface area contributed by atoms with Gasteiger partial charge in [-0.25, -0.2) is 0 Å². The van der Waals surface area contributed by atoms with Crippen molar-refractivity contribution in [3.63, 3.8) is 0 Å². The number of piperazine rings is 1. The molecule has 5 rings (SSSR count). The van der Waals surface area contributed by atoms with Crippen LogP contribution in [0, 0.1) is 5.92 Å². The van der Waals surface area contributed by atoms with Crippen molar-refractivity contribution in [2.45, 2.75) is 6.42 Å². The van der Waals surface area contributed by atoms with E-state index in [1.54, 1.807) is 51.1 Å². The lowest BCUT2D eigenvalue weighted by molar-refractivity contribution is -0.137. The Bertz CT molecular complexity index is 1100. The fraction of sp³-hybridized carbons (Fsp3) is 0.375. The molecule has 33 heavy (non-hydrogen) atoms. The van der Waals surface area contributed by atoms with E-state index in [2.05, 4.69) is 0 Å². The SMILES string of the molecule is O=C(c1ccccc1Cl)N1CCN(C(=O)[C@@H]2CC(=O)N(c3ccc4c(c3)OCCO4)C2)CC1. The molecular weight excluding hydrogens is 446 g/mol. The molecule has 0 unspecified atom stereocenters. The monoisotopic (exact) mass is 469 g/mol. The van der Waals surface area contributed by atoms with Crippen LogP contribution in [0.1, 0.15) is 16.8 Å². The van der Waals surface area contributed by atoms with Gasteiger partial charge in [-0.15, -0.1) is 0 Å². The first-order valence-electron chi connectivity index (χ1n) is 11.0. The Hall–Kier alpha value is -3.26. The molecule has 0 N–H and O–H groups in total. The molecule has 3 aliphatic heterocycles. The quantitative estimate of drug-likeness (QED) is 0.690. The maximum atomic E-state index is 13.1. The molecule has 8 nitrogen and oxygen atoms in total. The Morgan fingerprint density at radius 3 is 2.36 bits per heavy atom. The van der Waals surface area contributed by atoms with Crippen LogP contribution in [0.2, 0.25) is 5.02 Å². The van der Waals surface area contributed by atoms with Gasteiger partial charge in [-0.05, 0) is 24.3 Å². The third-order valence-electron chi connectivity index (χ3n) is 6.29. The van der Waals surface area contributed by atoms with Crippen LogP contribution in [0.3, 0.4) is 0 Å². The molecule has 3 aliphatic rings. The van der Waals surface area contributed by atoms with Crippen molar-refractivity contribution in [2.75, 3.05) is 50.8 Å². The van der Waals surface area contributed by atoms with E-state index < -0.39 is 5.92 Å². The van der Waals surface area contributed by atoms with Gasteiger partial charge in [0.1, 0.15) is 13.2 Å². The summed E-state index contributed by atoms with van der Waals surface area (Å²) in [7, 11) is 0. The number of fused-ring (bicyclic) bond motifs is 1. The van der Waals surface area contributed by atoms with Crippen LogP contribution >= 0.6 is 11.6 Å². The van der Waals surface area contributed by atoms with Crippen LogP contribution in [0.15, 0.2) is 42.5 Å². The highest BCUT2D eigenvalue weighted by Gasteiger charge is 2.38. The normalized spacial score (nSPS) is 20.2. The van der Waals surface area contributed by atoms with Crippen LogP contribution < -0.4 is 14.4 Å².